The molecule has 0 atom stereocenters. The molecule has 0 unspecified atom stereocenters. The van der Waals surface area contributed by atoms with Gasteiger partial charge in [-0.3, -0.25) is 9.59 Å². The maximum absolute atomic E-state index is 11.6. The zero-order chi connectivity index (χ0) is 17.1. The van der Waals surface area contributed by atoms with E-state index in [2.05, 4.69) is 0 Å². The molecule has 1 amide bonds. The van der Waals surface area contributed by atoms with E-state index in [1.807, 2.05) is 11.8 Å². The van der Waals surface area contributed by atoms with Crippen LogP contribution in [0.5, 0.6) is 0 Å². The summed E-state index contributed by atoms with van der Waals surface area (Å²) < 4.78 is 4.69. The van der Waals surface area contributed by atoms with E-state index in [4.69, 9.17) is 9.84 Å². The maximum Gasteiger partial charge on any atom is 0.308 e. The van der Waals surface area contributed by atoms with Crippen molar-refractivity contribution in [3.8, 4) is 0 Å². The maximum atomic E-state index is 11.6. The molecular formula is C18H33NO4. The molecule has 134 valence electrons. The lowest BCUT2D eigenvalue weighted by molar-refractivity contribution is -0.148. The molecular weight excluding hydrogens is 294 g/mol. The number of aliphatic hydroxyl groups is 1. The topological polar surface area (TPSA) is 66.8 Å². The van der Waals surface area contributed by atoms with Crippen LogP contribution in [0.15, 0.2) is 0 Å². The second kappa shape index (κ2) is 11.4. The van der Waals surface area contributed by atoms with Crippen molar-refractivity contribution in [3.63, 3.8) is 0 Å². The fourth-order valence-electron chi connectivity index (χ4n) is 3.27. The summed E-state index contributed by atoms with van der Waals surface area (Å²) in [6.07, 6.45) is 9.56. The number of carbonyl (C=O) groups is 2. The minimum atomic E-state index is -0.141. The Morgan fingerprint density at radius 2 is 1.70 bits per heavy atom. The number of rotatable bonds is 4. The third-order valence-electron chi connectivity index (χ3n) is 4.83. The van der Waals surface area contributed by atoms with Crippen LogP contribution in [0, 0.1) is 11.8 Å². The van der Waals surface area contributed by atoms with Gasteiger partial charge in [-0.15, -0.1) is 0 Å². The van der Waals surface area contributed by atoms with Crippen molar-refractivity contribution in [3.05, 3.63) is 0 Å². The number of methoxy groups -OCH3 is 1. The highest BCUT2D eigenvalue weighted by molar-refractivity contribution is 5.77. The van der Waals surface area contributed by atoms with E-state index in [9.17, 15) is 9.59 Å². The van der Waals surface area contributed by atoms with E-state index in [-0.39, 0.29) is 17.8 Å². The lowest BCUT2D eigenvalue weighted by Crippen LogP contribution is -2.40. The summed E-state index contributed by atoms with van der Waals surface area (Å²) in [6.45, 7) is 3.80. The number of carbonyl (C=O) groups excluding carboxylic acids is 2. The molecule has 1 saturated carbocycles. The van der Waals surface area contributed by atoms with Crippen molar-refractivity contribution in [1.82, 2.24) is 4.90 Å². The molecule has 5 heteroatoms. The second-order valence-electron chi connectivity index (χ2n) is 6.61. The van der Waals surface area contributed by atoms with Crippen molar-refractivity contribution in [2.45, 2.75) is 64.7 Å². The van der Waals surface area contributed by atoms with E-state index < -0.39 is 0 Å². The Hall–Kier alpha value is -1.10. The fourth-order valence-corrected chi connectivity index (χ4v) is 3.27. The molecule has 0 spiro atoms. The highest BCUT2D eigenvalue weighted by Gasteiger charge is 2.27. The summed E-state index contributed by atoms with van der Waals surface area (Å²) in [6, 6.07) is 0. The minimum absolute atomic E-state index is 0.0133. The van der Waals surface area contributed by atoms with Gasteiger partial charge in [0.15, 0.2) is 0 Å². The monoisotopic (exact) mass is 327 g/mol. The van der Waals surface area contributed by atoms with Crippen LogP contribution >= 0.6 is 0 Å². The SMILES string of the molecule is CCCC(=O)N1CCC(C(=O)OC)CC1.OCC1CCCCC1. The van der Waals surface area contributed by atoms with Crippen LogP contribution in [0.1, 0.15) is 64.7 Å². The van der Waals surface area contributed by atoms with Crippen LogP contribution in [-0.2, 0) is 14.3 Å². The van der Waals surface area contributed by atoms with E-state index in [0.29, 0.717) is 32.0 Å². The Balaban J connectivity index is 0.000000277. The molecule has 1 heterocycles. The molecule has 0 aromatic heterocycles. The van der Waals surface area contributed by atoms with Crippen LogP contribution in [0.4, 0.5) is 0 Å². The van der Waals surface area contributed by atoms with Crippen molar-refractivity contribution in [2.75, 3.05) is 26.8 Å². The molecule has 1 aliphatic heterocycles. The lowest BCUT2D eigenvalue weighted by atomic mass is 9.90. The Labute approximate surface area is 140 Å². The summed E-state index contributed by atoms with van der Waals surface area (Å²) in [5.41, 5.74) is 0. The largest absolute Gasteiger partial charge is 0.469 e. The average molecular weight is 327 g/mol. The van der Waals surface area contributed by atoms with Gasteiger partial charge >= 0.3 is 5.97 Å². The number of hydrogen-bond donors (Lipinski definition) is 1. The van der Waals surface area contributed by atoms with Crippen LogP contribution in [0.25, 0.3) is 0 Å². The third kappa shape index (κ3) is 7.34. The molecule has 1 saturated heterocycles. The molecule has 5 nitrogen and oxygen atoms in total. The second-order valence-corrected chi connectivity index (χ2v) is 6.61. The molecule has 1 aliphatic carbocycles. The molecule has 2 aliphatic rings. The lowest BCUT2D eigenvalue weighted by Gasteiger charge is -2.30. The number of piperidine rings is 1. The highest BCUT2D eigenvalue weighted by Crippen LogP contribution is 2.22. The fraction of sp³-hybridized carbons (Fsp3) is 0.889. The van der Waals surface area contributed by atoms with Gasteiger partial charge in [-0.25, -0.2) is 0 Å². The molecule has 0 radical (unpaired) electrons. The number of hydrogen-bond acceptors (Lipinski definition) is 4. The Bertz CT molecular complexity index is 345. The standard InChI is InChI=1S/C11H19NO3.C7H14O/c1-3-4-10(13)12-7-5-9(6-8-12)11(14)15-2;8-6-7-4-2-1-3-5-7/h9H,3-8H2,1-2H3;7-8H,1-6H2. The van der Waals surface area contributed by atoms with E-state index in [1.165, 1.54) is 39.2 Å². The molecule has 0 aromatic rings. The normalized spacial score (nSPS) is 19.7. The summed E-state index contributed by atoms with van der Waals surface area (Å²) >= 11 is 0. The van der Waals surface area contributed by atoms with Gasteiger partial charge in [0.25, 0.3) is 0 Å². The summed E-state index contributed by atoms with van der Waals surface area (Å²) in [4.78, 5) is 24.6. The molecule has 23 heavy (non-hydrogen) atoms. The van der Waals surface area contributed by atoms with Gasteiger partial charge < -0.3 is 14.7 Å². The molecule has 2 rings (SSSR count). The zero-order valence-corrected chi connectivity index (χ0v) is 14.8. The first-order valence-corrected chi connectivity index (χ1v) is 9.08. The van der Waals surface area contributed by atoms with Crippen LogP contribution in [-0.4, -0.2) is 48.7 Å². The number of likely N-dealkylation sites (tertiary alicyclic amines) is 1. The first-order valence-electron chi connectivity index (χ1n) is 9.08. The summed E-state index contributed by atoms with van der Waals surface area (Å²) in [5, 5.41) is 8.69. The van der Waals surface area contributed by atoms with Gasteiger partial charge in [0.05, 0.1) is 13.0 Å². The Kier molecular flexibility index (Phi) is 9.92. The van der Waals surface area contributed by atoms with E-state index >= 15 is 0 Å². The van der Waals surface area contributed by atoms with Gasteiger partial charge in [0, 0.05) is 26.1 Å². The molecule has 2 fully saturated rings. The molecule has 0 bridgehead atoms. The van der Waals surface area contributed by atoms with E-state index in [1.54, 1.807) is 0 Å². The van der Waals surface area contributed by atoms with Gasteiger partial charge in [0.1, 0.15) is 0 Å². The third-order valence-corrected chi connectivity index (χ3v) is 4.83. The smallest absolute Gasteiger partial charge is 0.308 e. The number of amides is 1. The van der Waals surface area contributed by atoms with Gasteiger partial charge in [0.2, 0.25) is 5.91 Å². The van der Waals surface area contributed by atoms with E-state index in [0.717, 1.165) is 19.3 Å². The number of nitrogens with zero attached hydrogens (tertiary/aromatic N) is 1. The Morgan fingerprint density at radius 1 is 1.09 bits per heavy atom. The van der Waals surface area contributed by atoms with Crippen LogP contribution in [0.2, 0.25) is 0 Å². The quantitative estimate of drug-likeness (QED) is 0.806. The number of esters is 1. The van der Waals surface area contributed by atoms with Crippen molar-refractivity contribution in [2.24, 2.45) is 11.8 Å². The molecule has 0 aromatic carbocycles. The first kappa shape index (κ1) is 19.9. The van der Waals surface area contributed by atoms with Crippen molar-refractivity contribution in [1.29, 1.82) is 0 Å². The first-order chi connectivity index (χ1) is 11.1. The van der Waals surface area contributed by atoms with Gasteiger partial charge in [-0.2, -0.15) is 0 Å². The van der Waals surface area contributed by atoms with Crippen LogP contribution in [0.3, 0.4) is 0 Å². The number of ether oxygens (including phenoxy) is 1. The van der Waals surface area contributed by atoms with Crippen molar-refractivity contribution >= 4 is 11.9 Å². The predicted octanol–water partition coefficient (Wildman–Crippen LogP) is 2.76. The average Bonchev–Trinajstić information content (AvgIpc) is 2.62. The van der Waals surface area contributed by atoms with Crippen molar-refractivity contribution < 1.29 is 19.4 Å². The number of aliphatic hydroxyl groups excluding tert-OH is 1. The highest BCUT2D eigenvalue weighted by atomic mass is 16.5. The predicted molar refractivity (Wildman–Crippen MR) is 89.9 cm³/mol. The minimum Gasteiger partial charge on any atom is -0.469 e. The van der Waals surface area contributed by atoms with Gasteiger partial charge in [-0.05, 0) is 38.0 Å². The Morgan fingerprint density at radius 3 is 2.13 bits per heavy atom. The summed E-state index contributed by atoms with van der Waals surface area (Å²) in [5.74, 6) is 0.697. The van der Waals surface area contributed by atoms with Gasteiger partial charge in [-0.1, -0.05) is 26.2 Å². The summed E-state index contributed by atoms with van der Waals surface area (Å²) in [7, 11) is 1.41. The van der Waals surface area contributed by atoms with Crippen LogP contribution < -0.4 is 0 Å². The molecule has 1 N–H and O–H groups in total. The zero-order valence-electron chi connectivity index (χ0n) is 14.8.